The zero-order chi connectivity index (χ0) is 15.0. The van der Waals surface area contributed by atoms with Crippen molar-refractivity contribution in [3.05, 3.63) is 16.6 Å². The Hall–Kier alpha value is -0.490. The maximum absolute atomic E-state index is 6.06. The third-order valence-electron chi connectivity index (χ3n) is 5.66. The summed E-state index contributed by atoms with van der Waals surface area (Å²) in [5, 5.41) is 3.34. The maximum atomic E-state index is 6.06. The molecule has 5 heteroatoms. The first-order valence-electron chi connectivity index (χ1n) is 8.60. The first kappa shape index (κ1) is 15.1. The van der Waals surface area contributed by atoms with E-state index in [1.807, 2.05) is 6.20 Å². The molecule has 1 spiro atoms. The summed E-state index contributed by atoms with van der Waals surface area (Å²) in [6, 6.07) is 0. The molecule has 2 saturated heterocycles. The van der Waals surface area contributed by atoms with Crippen molar-refractivity contribution < 1.29 is 4.74 Å². The predicted octanol–water partition coefficient (Wildman–Crippen LogP) is 2.32. The zero-order valence-corrected chi connectivity index (χ0v) is 14.4. The van der Waals surface area contributed by atoms with E-state index in [0.717, 1.165) is 25.7 Å². The van der Waals surface area contributed by atoms with Crippen molar-refractivity contribution in [2.75, 3.05) is 46.4 Å². The second kappa shape index (κ2) is 6.19. The number of nitrogens with zero attached hydrogens (tertiary/aromatic N) is 3. The van der Waals surface area contributed by atoms with Crippen LogP contribution in [-0.2, 0) is 11.3 Å². The van der Waals surface area contributed by atoms with E-state index >= 15 is 0 Å². The van der Waals surface area contributed by atoms with Gasteiger partial charge in [-0.25, -0.2) is 4.98 Å². The fourth-order valence-electron chi connectivity index (χ4n) is 4.30. The van der Waals surface area contributed by atoms with E-state index in [4.69, 9.17) is 4.74 Å². The van der Waals surface area contributed by atoms with E-state index in [2.05, 4.69) is 27.2 Å². The van der Waals surface area contributed by atoms with Crippen molar-refractivity contribution in [3.8, 4) is 0 Å². The molecule has 1 aromatic rings. The van der Waals surface area contributed by atoms with Gasteiger partial charge in [0, 0.05) is 49.2 Å². The van der Waals surface area contributed by atoms with Crippen LogP contribution in [-0.4, -0.2) is 61.2 Å². The molecule has 4 rings (SSSR count). The summed E-state index contributed by atoms with van der Waals surface area (Å²) in [5.41, 5.74) is 0.454. The van der Waals surface area contributed by atoms with Crippen LogP contribution in [0.15, 0.2) is 11.6 Å². The van der Waals surface area contributed by atoms with Gasteiger partial charge in [-0.3, -0.25) is 4.90 Å². The second-order valence-electron chi connectivity index (χ2n) is 7.62. The van der Waals surface area contributed by atoms with E-state index < -0.39 is 0 Å². The molecule has 122 valence electrons. The van der Waals surface area contributed by atoms with Gasteiger partial charge in [0.1, 0.15) is 5.01 Å². The van der Waals surface area contributed by atoms with Gasteiger partial charge < -0.3 is 9.64 Å². The highest BCUT2D eigenvalue weighted by Crippen LogP contribution is 2.44. The summed E-state index contributed by atoms with van der Waals surface area (Å²) >= 11 is 1.78. The maximum Gasteiger partial charge on any atom is 0.107 e. The summed E-state index contributed by atoms with van der Waals surface area (Å²) < 4.78 is 6.06. The lowest BCUT2D eigenvalue weighted by molar-refractivity contribution is 0.0556. The summed E-state index contributed by atoms with van der Waals surface area (Å²) in [5.74, 6) is 1.58. The predicted molar refractivity (Wildman–Crippen MR) is 89.0 cm³/mol. The van der Waals surface area contributed by atoms with Gasteiger partial charge in [-0.05, 0) is 38.8 Å². The van der Waals surface area contributed by atoms with E-state index in [-0.39, 0.29) is 0 Å². The Bertz CT molecular complexity index is 490. The van der Waals surface area contributed by atoms with Crippen LogP contribution in [0.25, 0.3) is 0 Å². The van der Waals surface area contributed by atoms with Crippen LogP contribution in [0.2, 0.25) is 0 Å². The number of hydrogen-bond donors (Lipinski definition) is 0. The van der Waals surface area contributed by atoms with Crippen LogP contribution in [0, 0.1) is 17.3 Å². The molecule has 1 aliphatic carbocycles. The minimum Gasteiger partial charge on any atom is -0.381 e. The normalized spacial score (nSPS) is 33.2. The topological polar surface area (TPSA) is 28.6 Å². The summed E-state index contributed by atoms with van der Waals surface area (Å²) in [6.07, 6.45) is 6.01. The average Bonchev–Trinajstić information content (AvgIpc) is 2.90. The Morgan fingerprint density at radius 2 is 2.27 bits per heavy atom. The minimum absolute atomic E-state index is 0.454. The summed E-state index contributed by atoms with van der Waals surface area (Å²) in [6.45, 7) is 7.86. The van der Waals surface area contributed by atoms with Crippen LogP contribution in [0.4, 0.5) is 0 Å². The molecular formula is C17H27N3OS. The molecule has 0 aromatic carbocycles. The Morgan fingerprint density at radius 3 is 3.05 bits per heavy atom. The van der Waals surface area contributed by atoms with Gasteiger partial charge in [0.2, 0.25) is 0 Å². The smallest absolute Gasteiger partial charge is 0.107 e. The Balaban J connectivity index is 1.35. The molecule has 3 aliphatic rings. The monoisotopic (exact) mass is 321 g/mol. The molecule has 1 aromatic heterocycles. The Morgan fingerprint density at radius 1 is 1.36 bits per heavy atom. The lowest BCUT2D eigenvalue weighted by Gasteiger charge is -2.30. The molecule has 3 fully saturated rings. The van der Waals surface area contributed by atoms with E-state index in [0.29, 0.717) is 11.3 Å². The number of rotatable bonds is 6. The first-order chi connectivity index (χ1) is 10.7. The van der Waals surface area contributed by atoms with E-state index in [9.17, 15) is 0 Å². The number of likely N-dealkylation sites (tertiary alicyclic amines) is 2. The largest absolute Gasteiger partial charge is 0.381 e. The number of aromatic nitrogens is 1. The van der Waals surface area contributed by atoms with E-state index in [1.165, 1.54) is 50.4 Å². The lowest BCUT2D eigenvalue weighted by Crippen LogP contribution is -2.36. The molecule has 0 radical (unpaired) electrons. The third kappa shape index (κ3) is 3.23. The van der Waals surface area contributed by atoms with Gasteiger partial charge >= 0.3 is 0 Å². The Labute approximate surface area is 137 Å². The molecule has 0 unspecified atom stereocenters. The summed E-state index contributed by atoms with van der Waals surface area (Å²) in [7, 11) is 2.27. The van der Waals surface area contributed by atoms with Crippen molar-refractivity contribution in [3.63, 3.8) is 0 Å². The standard InChI is InChI=1S/C17H27N3OS/c1-19-8-15(11-21-10-14-2-3-14)17(12-19)4-6-20(13-17)9-16-18-5-7-22-16/h5,7,14-15H,2-4,6,8-13H2,1H3/t15-,17-/m1/s1. The summed E-state index contributed by atoms with van der Waals surface area (Å²) in [4.78, 5) is 9.56. The molecule has 2 aliphatic heterocycles. The van der Waals surface area contributed by atoms with Gasteiger partial charge in [-0.1, -0.05) is 0 Å². The molecule has 1 saturated carbocycles. The fraction of sp³-hybridized carbons (Fsp3) is 0.824. The third-order valence-corrected chi connectivity index (χ3v) is 6.42. The van der Waals surface area contributed by atoms with E-state index in [1.54, 1.807) is 11.3 Å². The van der Waals surface area contributed by atoms with Crippen molar-refractivity contribution >= 4 is 11.3 Å². The van der Waals surface area contributed by atoms with Crippen molar-refractivity contribution in [2.24, 2.45) is 17.3 Å². The number of hydrogen-bond acceptors (Lipinski definition) is 5. The zero-order valence-electron chi connectivity index (χ0n) is 13.5. The van der Waals surface area contributed by atoms with Gasteiger partial charge in [0.15, 0.2) is 0 Å². The van der Waals surface area contributed by atoms with Gasteiger partial charge in [-0.15, -0.1) is 11.3 Å². The van der Waals surface area contributed by atoms with Crippen LogP contribution in [0.1, 0.15) is 24.3 Å². The first-order valence-corrected chi connectivity index (χ1v) is 9.48. The molecule has 0 bridgehead atoms. The highest BCUT2D eigenvalue weighted by atomic mass is 32.1. The fourth-order valence-corrected chi connectivity index (χ4v) is 4.95. The highest BCUT2D eigenvalue weighted by Gasteiger charge is 2.49. The van der Waals surface area contributed by atoms with Crippen LogP contribution in [0.5, 0.6) is 0 Å². The molecule has 3 heterocycles. The number of ether oxygens (including phenoxy) is 1. The van der Waals surface area contributed by atoms with Crippen LogP contribution < -0.4 is 0 Å². The molecule has 0 N–H and O–H groups in total. The molecule has 22 heavy (non-hydrogen) atoms. The minimum atomic E-state index is 0.454. The van der Waals surface area contributed by atoms with Crippen LogP contribution in [0.3, 0.4) is 0 Å². The quantitative estimate of drug-likeness (QED) is 0.804. The lowest BCUT2D eigenvalue weighted by atomic mass is 9.77. The van der Waals surface area contributed by atoms with Crippen molar-refractivity contribution in [2.45, 2.75) is 25.8 Å². The van der Waals surface area contributed by atoms with Gasteiger partial charge in [-0.2, -0.15) is 0 Å². The van der Waals surface area contributed by atoms with Gasteiger partial charge in [0.25, 0.3) is 0 Å². The Kier molecular flexibility index (Phi) is 4.24. The van der Waals surface area contributed by atoms with Crippen molar-refractivity contribution in [1.29, 1.82) is 0 Å². The SMILES string of the molecule is CN1C[C@H](COCC2CC2)[C@]2(CCN(Cc3nccs3)C2)C1. The molecule has 2 atom stereocenters. The average molecular weight is 321 g/mol. The van der Waals surface area contributed by atoms with Gasteiger partial charge in [0.05, 0.1) is 13.2 Å². The molecule has 4 nitrogen and oxygen atoms in total. The highest BCUT2D eigenvalue weighted by molar-refractivity contribution is 7.09. The van der Waals surface area contributed by atoms with Crippen molar-refractivity contribution in [1.82, 2.24) is 14.8 Å². The molecular weight excluding hydrogens is 294 g/mol. The molecule has 0 amide bonds. The second-order valence-corrected chi connectivity index (χ2v) is 8.60. The number of thiazole rings is 1. The van der Waals surface area contributed by atoms with Crippen LogP contribution >= 0.6 is 11.3 Å².